The first kappa shape index (κ1) is 15.8. The summed E-state index contributed by atoms with van der Waals surface area (Å²) in [6, 6.07) is -1.35. The number of carboxylic acids is 1. The molecule has 2 unspecified atom stereocenters. The zero-order valence-corrected chi connectivity index (χ0v) is 12.9. The first-order chi connectivity index (χ1) is 9.71. The maximum absolute atomic E-state index is 12.4. The van der Waals surface area contributed by atoms with Gasteiger partial charge in [0.1, 0.15) is 12.1 Å². The van der Waals surface area contributed by atoms with E-state index in [1.165, 1.54) is 0 Å². The summed E-state index contributed by atoms with van der Waals surface area (Å²) in [7, 11) is 0. The third-order valence-corrected chi connectivity index (χ3v) is 4.12. The summed E-state index contributed by atoms with van der Waals surface area (Å²) in [4.78, 5) is 37.6. The second-order valence-electron chi connectivity index (χ2n) is 7.07. The van der Waals surface area contributed by atoms with E-state index in [1.807, 2.05) is 20.8 Å². The van der Waals surface area contributed by atoms with Crippen molar-refractivity contribution in [3.05, 3.63) is 0 Å². The molecule has 2 rings (SSSR count). The van der Waals surface area contributed by atoms with Gasteiger partial charge in [0.15, 0.2) is 0 Å². The Morgan fingerprint density at radius 2 is 1.81 bits per heavy atom. The molecule has 1 saturated heterocycles. The lowest BCUT2D eigenvalue weighted by atomic mass is 9.94. The monoisotopic (exact) mass is 296 g/mol. The quantitative estimate of drug-likeness (QED) is 0.810. The van der Waals surface area contributed by atoms with Crippen LogP contribution in [-0.2, 0) is 14.4 Å². The van der Waals surface area contributed by atoms with Gasteiger partial charge in [0.2, 0.25) is 11.8 Å². The summed E-state index contributed by atoms with van der Waals surface area (Å²) in [6.07, 6.45) is 3.06. The van der Waals surface area contributed by atoms with Crippen LogP contribution in [0.4, 0.5) is 0 Å². The van der Waals surface area contributed by atoms with Crippen molar-refractivity contribution in [1.29, 1.82) is 0 Å². The molecule has 0 aromatic heterocycles. The molecule has 2 amide bonds. The van der Waals surface area contributed by atoms with Crippen molar-refractivity contribution in [2.75, 3.05) is 6.54 Å². The number of carbonyl (C=O) groups is 3. The summed E-state index contributed by atoms with van der Waals surface area (Å²) in [6.45, 7) is 6.04. The minimum atomic E-state index is -0.988. The number of hydrogen-bond donors (Lipinski definition) is 2. The molecule has 2 N–H and O–H groups in total. The van der Waals surface area contributed by atoms with E-state index in [4.69, 9.17) is 0 Å². The largest absolute Gasteiger partial charge is 0.480 e. The average Bonchev–Trinajstić information content (AvgIpc) is 3.09. The van der Waals surface area contributed by atoms with Crippen molar-refractivity contribution in [3.8, 4) is 0 Å². The van der Waals surface area contributed by atoms with Gasteiger partial charge in [0.25, 0.3) is 0 Å². The Morgan fingerprint density at radius 3 is 2.29 bits per heavy atom. The van der Waals surface area contributed by atoms with Crippen LogP contribution in [0.15, 0.2) is 0 Å². The fourth-order valence-electron chi connectivity index (χ4n) is 2.77. The van der Waals surface area contributed by atoms with Crippen LogP contribution in [0.25, 0.3) is 0 Å². The SMILES string of the molecule is CC(C)(C)C(=O)N1CCCC1C(=O)NC(C(=O)O)C1CC1. The minimum Gasteiger partial charge on any atom is -0.480 e. The van der Waals surface area contributed by atoms with Crippen LogP contribution in [0.2, 0.25) is 0 Å². The van der Waals surface area contributed by atoms with Crippen LogP contribution in [0.1, 0.15) is 46.5 Å². The lowest BCUT2D eigenvalue weighted by molar-refractivity contribution is -0.146. The van der Waals surface area contributed by atoms with Crippen LogP contribution in [0, 0.1) is 11.3 Å². The smallest absolute Gasteiger partial charge is 0.326 e. The molecule has 1 heterocycles. The molecule has 2 atom stereocenters. The average molecular weight is 296 g/mol. The number of hydrogen-bond acceptors (Lipinski definition) is 3. The maximum atomic E-state index is 12.4. The molecule has 1 saturated carbocycles. The normalized spacial score (nSPS) is 23.8. The van der Waals surface area contributed by atoms with Gasteiger partial charge in [0, 0.05) is 12.0 Å². The summed E-state index contributed by atoms with van der Waals surface area (Å²) >= 11 is 0. The van der Waals surface area contributed by atoms with Crippen LogP contribution < -0.4 is 5.32 Å². The number of nitrogens with zero attached hydrogens (tertiary/aromatic N) is 1. The standard InChI is InChI=1S/C15H24N2O4/c1-15(2,3)14(21)17-8-4-5-10(17)12(18)16-11(13(19)20)9-6-7-9/h9-11H,4-8H2,1-3H3,(H,16,18)(H,19,20). The third kappa shape index (κ3) is 3.54. The Bertz CT molecular complexity index is 451. The van der Waals surface area contributed by atoms with Crippen molar-refractivity contribution in [2.24, 2.45) is 11.3 Å². The lowest BCUT2D eigenvalue weighted by Gasteiger charge is -2.30. The number of nitrogens with one attached hydrogen (secondary N) is 1. The molecular formula is C15H24N2O4. The highest BCUT2D eigenvalue weighted by Gasteiger charge is 2.42. The molecule has 6 heteroatoms. The van der Waals surface area contributed by atoms with Gasteiger partial charge in [-0.2, -0.15) is 0 Å². The molecule has 0 aromatic rings. The Labute approximate surface area is 124 Å². The highest BCUT2D eigenvalue weighted by atomic mass is 16.4. The first-order valence-electron chi connectivity index (χ1n) is 7.56. The van der Waals surface area contributed by atoms with Gasteiger partial charge in [0.05, 0.1) is 0 Å². The van der Waals surface area contributed by atoms with Crippen LogP contribution in [0.5, 0.6) is 0 Å². The van der Waals surface area contributed by atoms with Crippen LogP contribution >= 0.6 is 0 Å². The number of amides is 2. The molecule has 118 valence electrons. The van der Waals surface area contributed by atoms with E-state index in [9.17, 15) is 19.5 Å². The van der Waals surface area contributed by atoms with E-state index < -0.39 is 23.5 Å². The van der Waals surface area contributed by atoms with Gasteiger partial charge in [-0.15, -0.1) is 0 Å². The lowest BCUT2D eigenvalue weighted by Crippen LogP contribution is -2.53. The number of carboxylic acid groups (broad SMARTS) is 1. The van der Waals surface area contributed by atoms with Crippen molar-refractivity contribution in [3.63, 3.8) is 0 Å². The van der Waals surface area contributed by atoms with Crippen LogP contribution in [0.3, 0.4) is 0 Å². The second kappa shape index (κ2) is 5.66. The maximum Gasteiger partial charge on any atom is 0.326 e. The predicted octanol–water partition coefficient (Wildman–Crippen LogP) is 1.00. The van der Waals surface area contributed by atoms with E-state index in [2.05, 4.69) is 5.32 Å². The summed E-state index contributed by atoms with van der Waals surface area (Å²) in [5.74, 6) is -1.33. The number of likely N-dealkylation sites (tertiary alicyclic amines) is 1. The molecule has 0 bridgehead atoms. The topological polar surface area (TPSA) is 86.7 Å². The zero-order chi connectivity index (χ0) is 15.8. The van der Waals surface area contributed by atoms with Crippen molar-refractivity contribution in [2.45, 2.75) is 58.5 Å². The van der Waals surface area contributed by atoms with Gasteiger partial charge in [-0.05, 0) is 31.6 Å². The van der Waals surface area contributed by atoms with Gasteiger partial charge >= 0.3 is 5.97 Å². The highest BCUT2D eigenvalue weighted by molar-refractivity contribution is 5.92. The highest BCUT2D eigenvalue weighted by Crippen LogP contribution is 2.33. The molecule has 6 nitrogen and oxygen atoms in total. The second-order valence-corrected chi connectivity index (χ2v) is 7.07. The fraction of sp³-hybridized carbons (Fsp3) is 0.800. The number of carbonyl (C=O) groups excluding carboxylic acids is 2. The Balaban J connectivity index is 2.03. The fourth-order valence-corrected chi connectivity index (χ4v) is 2.77. The molecular weight excluding hydrogens is 272 g/mol. The summed E-state index contributed by atoms with van der Waals surface area (Å²) in [5.41, 5.74) is -0.536. The van der Waals surface area contributed by atoms with Crippen molar-refractivity contribution >= 4 is 17.8 Å². The van der Waals surface area contributed by atoms with E-state index in [-0.39, 0.29) is 17.7 Å². The van der Waals surface area contributed by atoms with Gasteiger partial charge < -0.3 is 15.3 Å². The summed E-state index contributed by atoms with van der Waals surface area (Å²) in [5, 5.41) is 11.8. The minimum absolute atomic E-state index is 0.0413. The Hall–Kier alpha value is -1.59. The van der Waals surface area contributed by atoms with Crippen LogP contribution in [-0.4, -0.2) is 46.4 Å². The van der Waals surface area contributed by atoms with Gasteiger partial charge in [-0.25, -0.2) is 4.79 Å². The molecule has 0 radical (unpaired) electrons. The molecule has 21 heavy (non-hydrogen) atoms. The van der Waals surface area contributed by atoms with Crippen molar-refractivity contribution < 1.29 is 19.5 Å². The summed E-state index contributed by atoms with van der Waals surface area (Å²) < 4.78 is 0. The van der Waals surface area contributed by atoms with E-state index >= 15 is 0 Å². The molecule has 2 fully saturated rings. The van der Waals surface area contributed by atoms with E-state index in [0.29, 0.717) is 13.0 Å². The molecule has 0 aromatic carbocycles. The molecule has 0 spiro atoms. The van der Waals surface area contributed by atoms with Gasteiger partial charge in [-0.3, -0.25) is 9.59 Å². The Kier molecular flexibility index (Phi) is 4.25. The van der Waals surface area contributed by atoms with Crippen molar-refractivity contribution in [1.82, 2.24) is 10.2 Å². The van der Waals surface area contributed by atoms with E-state index in [1.54, 1.807) is 4.90 Å². The molecule has 1 aliphatic heterocycles. The third-order valence-electron chi connectivity index (χ3n) is 4.12. The molecule has 2 aliphatic rings. The zero-order valence-electron chi connectivity index (χ0n) is 12.9. The first-order valence-corrected chi connectivity index (χ1v) is 7.56. The van der Waals surface area contributed by atoms with E-state index in [0.717, 1.165) is 19.3 Å². The van der Waals surface area contributed by atoms with Gasteiger partial charge in [-0.1, -0.05) is 20.8 Å². The predicted molar refractivity (Wildman–Crippen MR) is 76.5 cm³/mol. The Morgan fingerprint density at radius 1 is 1.19 bits per heavy atom. The number of rotatable bonds is 4. The number of aliphatic carboxylic acids is 1. The molecule has 1 aliphatic carbocycles.